The Bertz CT molecular complexity index is 434. The summed E-state index contributed by atoms with van der Waals surface area (Å²) in [5, 5.41) is 0. The first-order valence-electron chi connectivity index (χ1n) is 6.75. The van der Waals surface area contributed by atoms with Gasteiger partial charge in [0.1, 0.15) is 0 Å². The number of hydrogen-bond acceptors (Lipinski definition) is 3. The molecule has 0 atom stereocenters. The van der Waals surface area contributed by atoms with Gasteiger partial charge in [0, 0.05) is 17.8 Å². The predicted octanol–water partition coefficient (Wildman–Crippen LogP) is 3.61. The fourth-order valence-corrected chi connectivity index (χ4v) is 2.61. The molecule has 18 heavy (non-hydrogen) atoms. The number of rotatable bonds is 3. The highest BCUT2D eigenvalue weighted by molar-refractivity contribution is 5.89. The predicted molar refractivity (Wildman–Crippen MR) is 70.7 cm³/mol. The third-order valence-electron chi connectivity index (χ3n) is 3.44. The minimum Gasteiger partial charge on any atom is -0.459 e. The van der Waals surface area contributed by atoms with Crippen molar-refractivity contribution in [1.82, 2.24) is 4.98 Å². The van der Waals surface area contributed by atoms with Crippen LogP contribution in [0.2, 0.25) is 0 Å². The number of ether oxygens (including phenoxy) is 1. The van der Waals surface area contributed by atoms with Gasteiger partial charge in [-0.3, -0.25) is 4.98 Å². The van der Waals surface area contributed by atoms with E-state index in [1.807, 2.05) is 26.8 Å². The van der Waals surface area contributed by atoms with Gasteiger partial charge in [0.15, 0.2) is 0 Å². The summed E-state index contributed by atoms with van der Waals surface area (Å²) in [6, 6.07) is 1.91. The van der Waals surface area contributed by atoms with Gasteiger partial charge in [0.2, 0.25) is 0 Å². The van der Waals surface area contributed by atoms with E-state index >= 15 is 0 Å². The zero-order valence-corrected chi connectivity index (χ0v) is 11.4. The highest BCUT2D eigenvalue weighted by Crippen LogP contribution is 2.34. The van der Waals surface area contributed by atoms with E-state index < -0.39 is 0 Å². The Hall–Kier alpha value is -1.38. The Labute approximate surface area is 109 Å². The first kappa shape index (κ1) is 13.1. The number of esters is 1. The van der Waals surface area contributed by atoms with Crippen molar-refractivity contribution in [2.45, 2.75) is 58.5 Å². The van der Waals surface area contributed by atoms with Crippen molar-refractivity contribution < 1.29 is 9.53 Å². The van der Waals surface area contributed by atoms with E-state index in [2.05, 4.69) is 4.98 Å². The summed E-state index contributed by atoms with van der Waals surface area (Å²) in [6.45, 7) is 5.74. The molecule has 0 spiro atoms. The molecular weight excluding hydrogens is 226 g/mol. The first-order valence-corrected chi connectivity index (χ1v) is 6.75. The van der Waals surface area contributed by atoms with Crippen LogP contribution in [0, 0.1) is 6.92 Å². The van der Waals surface area contributed by atoms with Crippen molar-refractivity contribution in [2.24, 2.45) is 0 Å². The maximum atomic E-state index is 11.8. The first-order chi connectivity index (χ1) is 8.58. The number of hydrogen-bond donors (Lipinski definition) is 0. The number of carbonyl (C=O) groups excluding carboxylic acids is 1. The lowest BCUT2D eigenvalue weighted by Crippen LogP contribution is -2.13. The molecule has 0 amide bonds. The summed E-state index contributed by atoms with van der Waals surface area (Å²) in [4.78, 5) is 16.3. The molecule has 0 saturated heterocycles. The van der Waals surface area contributed by atoms with Gasteiger partial charge in [-0.1, -0.05) is 12.8 Å². The van der Waals surface area contributed by atoms with Crippen LogP contribution in [0.25, 0.3) is 0 Å². The van der Waals surface area contributed by atoms with Crippen molar-refractivity contribution in [2.75, 3.05) is 0 Å². The lowest BCUT2D eigenvalue weighted by Gasteiger charge is -2.13. The van der Waals surface area contributed by atoms with E-state index in [0.717, 1.165) is 11.3 Å². The Kier molecular flexibility index (Phi) is 4.00. The highest BCUT2D eigenvalue weighted by atomic mass is 16.5. The third kappa shape index (κ3) is 2.89. The van der Waals surface area contributed by atoms with Gasteiger partial charge in [-0.25, -0.2) is 4.79 Å². The zero-order valence-electron chi connectivity index (χ0n) is 11.4. The molecule has 3 nitrogen and oxygen atoms in total. The van der Waals surface area contributed by atoms with Crippen LogP contribution in [0.15, 0.2) is 12.3 Å². The molecule has 0 aliphatic heterocycles. The molecule has 1 fully saturated rings. The van der Waals surface area contributed by atoms with E-state index in [1.165, 1.54) is 25.7 Å². The summed E-state index contributed by atoms with van der Waals surface area (Å²) in [5.74, 6) is 0.304. The van der Waals surface area contributed by atoms with E-state index in [4.69, 9.17) is 4.74 Å². The molecule has 0 radical (unpaired) electrons. The Morgan fingerprint density at radius 1 is 1.39 bits per heavy atom. The monoisotopic (exact) mass is 247 g/mol. The van der Waals surface area contributed by atoms with Crippen molar-refractivity contribution >= 4 is 5.97 Å². The summed E-state index contributed by atoms with van der Waals surface area (Å²) in [7, 11) is 0. The highest BCUT2D eigenvalue weighted by Gasteiger charge is 2.21. The maximum absolute atomic E-state index is 11.8. The quantitative estimate of drug-likeness (QED) is 0.766. The van der Waals surface area contributed by atoms with E-state index in [1.54, 1.807) is 6.20 Å². The van der Waals surface area contributed by atoms with E-state index in [-0.39, 0.29) is 12.1 Å². The van der Waals surface area contributed by atoms with Crippen molar-refractivity contribution in [3.05, 3.63) is 29.1 Å². The van der Waals surface area contributed by atoms with Crippen molar-refractivity contribution in [3.63, 3.8) is 0 Å². The Balaban J connectivity index is 2.16. The molecule has 3 heteroatoms. The van der Waals surface area contributed by atoms with Gasteiger partial charge in [-0.15, -0.1) is 0 Å². The van der Waals surface area contributed by atoms with Crippen LogP contribution in [-0.4, -0.2) is 17.1 Å². The van der Waals surface area contributed by atoms with Gasteiger partial charge in [-0.2, -0.15) is 0 Å². The molecule has 0 aromatic carbocycles. The van der Waals surface area contributed by atoms with Crippen LogP contribution in [0.4, 0.5) is 0 Å². The number of nitrogens with zero attached hydrogens (tertiary/aromatic N) is 1. The number of aromatic nitrogens is 1. The number of aryl methyl sites for hydroxylation is 1. The summed E-state index contributed by atoms with van der Waals surface area (Å²) in [5.41, 5.74) is 2.83. The van der Waals surface area contributed by atoms with Crippen LogP contribution in [-0.2, 0) is 4.74 Å². The fourth-order valence-electron chi connectivity index (χ4n) is 2.61. The second kappa shape index (κ2) is 5.51. The molecule has 1 aromatic rings. The molecule has 2 rings (SSSR count). The van der Waals surface area contributed by atoms with Gasteiger partial charge in [0.25, 0.3) is 0 Å². The Morgan fingerprint density at radius 2 is 2.06 bits per heavy atom. The SMILES string of the molecule is Cc1cc(C(=O)OC(C)C)cnc1C1CCCC1. The average molecular weight is 247 g/mol. The average Bonchev–Trinajstić information content (AvgIpc) is 2.81. The number of carbonyl (C=O) groups is 1. The van der Waals surface area contributed by atoms with E-state index in [0.29, 0.717) is 11.5 Å². The van der Waals surface area contributed by atoms with Gasteiger partial charge in [-0.05, 0) is 45.2 Å². The maximum Gasteiger partial charge on any atom is 0.339 e. The molecule has 0 unspecified atom stereocenters. The molecular formula is C15H21NO2. The van der Waals surface area contributed by atoms with Gasteiger partial charge < -0.3 is 4.74 Å². The second-order valence-electron chi connectivity index (χ2n) is 5.36. The van der Waals surface area contributed by atoms with Crippen molar-refractivity contribution in [3.8, 4) is 0 Å². The summed E-state index contributed by atoms with van der Waals surface area (Å²) in [6.07, 6.45) is 6.61. The summed E-state index contributed by atoms with van der Waals surface area (Å²) >= 11 is 0. The number of pyridine rings is 1. The molecule has 1 aliphatic rings. The lowest BCUT2D eigenvalue weighted by molar-refractivity contribution is 0.0377. The topological polar surface area (TPSA) is 39.2 Å². The largest absolute Gasteiger partial charge is 0.459 e. The molecule has 1 heterocycles. The smallest absolute Gasteiger partial charge is 0.339 e. The second-order valence-corrected chi connectivity index (χ2v) is 5.36. The summed E-state index contributed by atoms with van der Waals surface area (Å²) < 4.78 is 5.18. The van der Waals surface area contributed by atoms with Crippen LogP contribution < -0.4 is 0 Å². The van der Waals surface area contributed by atoms with E-state index in [9.17, 15) is 4.79 Å². The van der Waals surface area contributed by atoms with Gasteiger partial charge in [0.05, 0.1) is 11.7 Å². The van der Waals surface area contributed by atoms with Crippen LogP contribution >= 0.6 is 0 Å². The van der Waals surface area contributed by atoms with Crippen LogP contribution in [0.5, 0.6) is 0 Å². The molecule has 1 aromatic heterocycles. The fraction of sp³-hybridized carbons (Fsp3) is 0.600. The molecule has 0 N–H and O–H groups in total. The lowest BCUT2D eigenvalue weighted by atomic mass is 9.98. The van der Waals surface area contributed by atoms with Crippen LogP contribution in [0.1, 0.15) is 67.1 Å². The minimum atomic E-state index is -0.279. The van der Waals surface area contributed by atoms with Crippen molar-refractivity contribution in [1.29, 1.82) is 0 Å². The molecule has 98 valence electrons. The molecule has 1 aliphatic carbocycles. The molecule has 1 saturated carbocycles. The zero-order chi connectivity index (χ0) is 13.1. The van der Waals surface area contributed by atoms with Crippen LogP contribution in [0.3, 0.4) is 0 Å². The van der Waals surface area contributed by atoms with Gasteiger partial charge >= 0.3 is 5.97 Å². The standard InChI is InChI=1S/C15H21NO2/c1-10(2)18-15(17)13-8-11(3)14(16-9-13)12-6-4-5-7-12/h8-10,12H,4-7H2,1-3H3. The minimum absolute atomic E-state index is 0.0904. The Morgan fingerprint density at radius 3 is 2.61 bits per heavy atom. The third-order valence-corrected chi connectivity index (χ3v) is 3.44. The normalized spacial score (nSPS) is 16.2. The molecule has 0 bridgehead atoms.